The fraction of sp³-hybridized carbons (Fsp3) is 0.0685. The summed E-state index contributed by atoms with van der Waals surface area (Å²) in [5.41, 5.74) is 20.9. The molecular weight excluding hydrogens is 933 g/mol. The molecule has 0 saturated carbocycles. The Labute approximate surface area is 451 Å². The van der Waals surface area contributed by atoms with Crippen molar-refractivity contribution in [2.45, 2.75) is 27.2 Å². The van der Waals surface area contributed by atoms with Gasteiger partial charge in [0.25, 0.3) is 0 Å². The number of anilines is 6. The van der Waals surface area contributed by atoms with E-state index >= 15 is 0 Å². The van der Waals surface area contributed by atoms with Crippen LogP contribution in [0.1, 0.15) is 32.8 Å². The monoisotopic (exact) mass is 990 g/mol. The largest absolute Gasteiger partial charge is 0.313 e. The van der Waals surface area contributed by atoms with E-state index in [1.165, 1.54) is 71.6 Å². The number of aromatic nitrogens is 2. The number of rotatable bonds is 12. The highest BCUT2D eigenvalue weighted by Gasteiger charge is 2.22. The lowest BCUT2D eigenvalue weighted by atomic mass is 9.98. The number of hydrogen-bond acceptors (Lipinski definition) is 2. The predicted molar refractivity (Wildman–Crippen MR) is 330 cm³/mol. The van der Waals surface area contributed by atoms with Crippen LogP contribution in [0.4, 0.5) is 34.1 Å². The highest BCUT2D eigenvalue weighted by atomic mass is 15.1. The second-order valence-corrected chi connectivity index (χ2v) is 20.1. The van der Waals surface area contributed by atoms with Gasteiger partial charge in [0.15, 0.2) is 0 Å². The van der Waals surface area contributed by atoms with Crippen molar-refractivity contribution >= 4 is 89.0 Å². The maximum absolute atomic E-state index is 2.48. The summed E-state index contributed by atoms with van der Waals surface area (Å²) < 4.78 is 4.86. The zero-order chi connectivity index (χ0) is 51.8. The first-order chi connectivity index (χ1) is 38.0. The molecule has 0 N–H and O–H groups in total. The molecule has 2 heterocycles. The van der Waals surface area contributed by atoms with Gasteiger partial charge in [0.2, 0.25) is 0 Å². The number of hydrogen-bond donors (Lipinski definition) is 0. The summed E-state index contributed by atoms with van der Waals surface area (Å²) in [6.07, 6.45) is 14.3. The quantitative estimate of drug-likeness (QED) is 0.113. The molecule has 10 aromatic carbocycles. The van der Waals surface area contributed by atoms with Gasteiger partial charge in [-0.25, -0.2) is 0 Å². The molecule has 0 bridgehead atoms. The van der Waals surface area contributed by atoms with E-state index < -0.39 is 0 Å². The van der Waals surface area contributed by atoms with Crippen LogP contribution in [0.15, 0.2) is 279 Å². The third-order valence-corrected chi connectivity index (χ3v) is 15.4. The van der Waals surface area contributed by atoms with Crippen molar-refractivity contribution in [2.24, 2.45) is 5.92 Å². The molecule has 0 aliphatic heterocycles. The van der Waals surface area contributed by atoms with Crippen molar-refractivity contribution in [1.82, 2.24) is 9.13 Å². The van der Waals surface area contributed by atoms with Crippen LogP contribution in [0, 0.1) is 5.92 Å². The van der Waals surface area contributed by atoms with E-state index in [0.29, 0.717) is 5.92 Å². The summed E-state index contributed by atoms with van der Waals surface area (Å²) in [6.45, 7) is 6.51. The Kier molecular flexibility index (Phi) is 12.4. The smallest absolute Gasteiger partial charge is 0.0542 e. The Morgan fingerprint density at radius 3 is 1.49 bits per heavy atom. The lowest BCUT2D eigenvalue weighted by Gasteiger charge is -2.27. The molecule has 1 aliphatic rings. The molecule has 12 aromatic rings. The number of fused-ring (bicyclic) bond motifs is 6. The minimum Gasteiger partial charge on any atom is -0.313 e. The lowest BCUT2D eigenvalue weighted by Crippen LogP contribution is -2.10. The molecule has 4 nitrogen and oxygen atoms in total. The molecule has 1 unspecified atom stereocenters. The van der Waals surface area contributed by atoms with Crippen LogP contribution < -0.4 is 9.80 Å². The van der Waals surface area contributed by atoms with Gasteiger partial charge >= 0.3 is 0 Å². The Balaban J connectivity index is 0.899. The minimum absolute atomic E-state index is 0.414. The fourth-order valence-corrected chi connectivity index (χ4v) is 11.7. The van der Waals surface area contributed by atoms with Crippen molar-refractivity contribution in [3.05, 3.63) is 285 Å². The van der Waals surface area contributed by atoms with Crippen LogP contribution in [0.3, 0.4) is 0 Å². The maximum Gasteiger partial charge on any atom is 0.0542 e. The Morgan fingerprint density at radius 1 is 0.416 bits per heavy atom. The Morgan fingerprint density at radius 2 is 0.896 bits per heavy atom. The molecule has 1 aliphatic carbocycles. The zero-order valence-corrected chi connectivity index (χ0v) is 43.6. The third kappa shape index (κ3) is 8.64. The molecule has 0 fully saturated rings. The second-order valence-electron chi connectivity index (χ2n) is 20.1. The summed E-state index contributed by atoms with van der Waals surface area (Å²) >= 11 is 0. The number of benzene rings is 10. The van der Waals surface area contributed by atoms with Gasteiger partial charge in [0.05, 0.1) is 22.1 Å². The minimum atomic E-state index is 0.414. The van der Waals surface area contributed by atoms with E-state index in [0.717, 1.165) is 57.4 Å². The second kappa shape index (κ2) is 20.2. The van der Waals surface area contributed by atoms with Gasteiger partial charge in [-0.1, -0.05) is 171 Å². The van der Waals surface area contributed by atoms with Crippen LogP contribution in [-0.2, 0) is 0 Å². The van der Waals surface area contributed by atoms with Gasteiger partial charge in [-0.15, -0.1) is 0 Å². The normalized spacial score (nSPS) is 13.8. The predicted octanol–water partition coefficient (Wildman–Crippen LogP) is 20.6. The summed E-state index contributed by atoms with van der Waals surface area (Å²) in [7, 11) is 0. The van der Waals surface area contributed by atoms with Crippen molar-refractivity contribution < 1.29 is 0 Å². The summed E-state index contributed by atoms with van der Waals surface area (Å²) in [5, 5.41) is 4.92. The van der Waals surface area contributed by atoms with E-state index in [-0.39, 0.29) is 0 Å². The van der Waals surface area contributed by atoms with Crippen molar-refractivity contribution in [3.8, 4) is 27.9 Å². The fourth-order valence-electron chi connectivity index (χ4n) is 11.7. The molecule has 77 heavy (non-hydrogen) atoms. The van der Waals surface area contributed by atoms with E-state index in [1.807, 2.05) is 0 Å². The standard InChI is InChI=1S/C73H58N4/c1-4-20-52(5-2)56-24-18-28-61(47-56)74(63-43-45-72-67(49-63)65-30-13-16-33-70(65)76(72)58-26-10-7-11-27-58)59-39-35-54(36-40-59)55-37-41-60(42-38-55)75(62-29-19-25-57(48-62)53-22-8-6-9-23-53)64-44-46-73-68(50-64)66-31-14-17-34-71(66)77(73)69-32-15-12-21-51(69)3/h4-20,22-51H,21H2,1-3H3/b20-4-,52-5+. The van der Waals surface area contributed by atoms with E-state index in [2.05, 4.69) is 319 Å². The summed E-state index contributed by atoms with van der Waals surface area (Å²) in [6, 6.07) is 88.9. The first-order valence-corrected chi connectivity index (χ1v) is 26.9. The first kappa shape index (κ1) is 47.1. The van der Waals surface area contributed by atoms with Crippen LogP contribution in [-0.4, -0.2) is 9.13 Å². The Bertz CT molecular complexity index is 4260. The van der Waals surface area contributed by atoms with E-state index in [1.54, 1.807) is 0 Å². The molecule has 4 heteroatoms. The van der Waals surface area contributed by atoms with Crippen LogP contribution in [0.2, 0.25) is 0 Å². The summed E-state index contributed by atoms with van der Waals surface area (Å²) in [5.74, 6) is 0.414. The molecule has 1 atom stereocenters. The molecule has 0 amide bonds. The molecule has 0 saturated heterocycles. The van der Waals surface area contributed by atoms with Gasteiger partial charge in [-0.2, -0.15) is 0 Å². The van der Waals surface area contributed by atoms with Crippen LogP contribution >= 0.6 is 0 Å². The van der Waals surface area contributed by atoms with Gasteiger partial charge in [0.1, 0.15) is 0 Å². The van der Waals surface area contributed by atoms with E-state index in [4.69, 9.17) is 0 Å². The average Bonchev–Trinajstić information content (AvgIpc) is 4.05. The van der Waals surface area contributed by atoms with Gasteiger partial charge in [-0.05, 0) is 169 Å². The lowest BCUT2D eigenvalue weighted by molar-refractivity contribution is 0.725. The first-order valence-electron chi connectivity index (χ1n) is 26.9. The number of allylic oxidation sites excluding steroid dienone is 8. The molecule has 0 radical (unpaired) electrons. The number of nitrogens with zero attached hydrogens (tertiary/aromatic N) is 4. The topological polar surface area (TPSA) is 16.3 Å². The summed E-state index contributed by atoms with van der Waals surface area (Å²) in [4.78, 5) is 4.80. The molecule has 13 rings (SSSR count). The Hall–Kier alpha value is -9.64. The van der Waals surface area contributed by atoms with Gasteiger partial charge in [0, 0.05) is 73.0 Å². The molecule has 2 aromatic heterocycles. The number of para-hydroxylation sites is 3. The van der Waals surface area contributed by atoms with Gasteiger partial charge in [-0.3, -0.25) is 0 Å². The zero-order valence-electron chi connectivity index (χ0n) is 43.6. The third-order valence-electron chi connectivity index (χ3n) is 15.4. The SMILES string of the molecule is C/C=C\C(=C/C)c1cccc(N(c2ccc(-c3ccc(N(c4cccc(-c5ccccc5)c4)c4ccc5c(c4)c4ccccc4n5C4=CC=CCC4C)cc3)cc2)c2ccc3c(c2)c2ccccc2n3-c2ccccc2)c1. The molecular formula is C73H58N4. The highest BCUT2D eigenvalue weighted by molar-refractivity contribution is 6.12. The van der Waals surface area contributed by atoms with Gasteiger partial charge < -0.3 is 18.9 Å². The highest BCUT2D eigenvalue weighted by Crippen LogP contribution is 2.44. The molecule has 0 spiro atoms. The van der Waals surface area contributed by atoms with E-state index in [9.17, 15) is 0 Å². The van der Waals surface area contributed by atoms with Crippen molar-refractivity contribution in [2.75, 3.05) is 9.80 Å². The maximum atomic E-state index is 2.48. The van der Waals surface area contributed by atoms with Crippen molar-refractivity contribution in [3.63, 3.8) is 0 Å². The van der Waals surface area contributed by atoms with Crippen LogP contribution in [0.5, 0.6) is 0 Å². The van der Waals surface area contributed by atoms with Crippen molar-refractivity contribution in [1.29, 1.82) is 0 Å². The van der Waals surface area contributed by atoms with Crippen LogP contribution in [0.25, 0.3) is 82.8 Å². The molecule has 370 valence electrons. The average molecular weight is 991 g/mol.